The van der Waals surface area contributed by atoms with Crippen molar-refractivity contribution in [2.75, 3.05) is 20.2 Å². The summed E-state index contributed by atoms with van der Waals surface area (Å²) in [6.45, 7) is 11.5. The van der Waals surface area contributed by atoms with Crippen molar-refractivity contribution in [2.24, 2.45) is 5.92 Å². The van der Waals surface area contributed by atoms with Crippen LogP contribution < -0.4 is 15.7 Å². The molecule has 0 aromatic heterocycles. The molecule has 0 aliphatic heterocycles. The van der Waals surface area contributed by atoms with Gasteiger partial charge in [0.05, 0.1) is 6.10 Å². The van der Waals surface area contributed by atoms with E-state index in [1.165, 1.54) is 10.4 Å². The molecule has 4 heteroatoms. The molecule has 0 radical (unpaired) electrons. The van der Waals surface area contributed by atoms with Crippen LogP contribution in [0.5, 0.6) is 0 Å². The summed E-state index contributed by atoms with van der Waals surface area (Å²) in [6.07, 6.45) is 1.60. The van der Waals surface area contributed by atoms with Crippen molar-refractivity contribution in [2.45, 2.75) is 31.9 Å². The lowest BCUT2D eigenvalue weighted by molar-refractivity contribution is 0.111. The predicted octanol–water partition coefficient (Wildman–Crippen LogP) is 2.95. The van der Waals surface area contributed by atoms with E-state index >= 15 is 0 Å². The number of aliphatic hydroxyl groups is 1. The number of hydrogen-bond acceptors (Lipinski definition) is 3. The summed E-state index contributed by atoms with van der Waals surface area (Å²) in [7, 11) is -0.757. The Bertz CT molecular complexity index is 658. The zero-order valence-electron chi connectivity index (χ0n) is 17.0. The van der Waals surface area contributed by atoms with E-state index in [1.807, 2.05) is 25.3 Å². The highest BCUT2D eigenvalue weighted by Gasteiger charge is 2.51. The van der Waals surface area contributed by atoms with Crippen LogP contribution in [0.2, 0.25) is 5.04 Å². The Balaban J connectivity index is 2.66. The van der Waals surface area contributed by atoms with E-state index in [-0.39, 0.29) is 23.7 Å². The van der Waals surface area contributed by atoms with Crippen molar-refractivity contribution in [3.05, 3.63) is 73.3 Å². The first-order valence-corrected chi connectivity index (χ1v) is 11.5. The highest BCUT2D eigenvalue weighted by molar-refractivity contribution is 6.99. The fourth-order valence-electron chi connectivity index (χ4n) is 3.78. The fraction of sp³-hybridized carbons (Fsp3) is 0.391. The van der Waals surface area contributed by atoms with E-state index in [2.05, 4.69) is 81.2 Å². The summed E-state index contributed by atoms with van der Waals surface area (Å²) in [5, 5.41) is 15.5. The quantitative estimate of drug-likeness (QED) is 0.517. The minimum absolute atomic E-state index is 0.0471. The summed E-state index contributed by atoms with van der Waals surface area (Å²) in [5.74, 6) is -0.0471. The summed E-state index contributed by atoms with van der Waals surface area (Å²) in [6, 6.07) is 21.1. The first-order valence-electron chi connectivity index (χ1n) is 9.57. The normalized spacial score (nSPS) is 14.6. The Hall–Kier alpha value is -1.72. The maximum Gasteiger partial charge on any atom is 0.261 e. The fourth-order valence-corrected chi connectivity index (χ4v) is 8.49. The lowest BCUT2D eigenvalue weighted by Gasteiger charge is -2.45. The van der Waals surface area contributed by atoms with Crippen LogP contribution in [0.1, 0.15) is 20.8 Å². The van der Waals surface area contributed by atoms with Gasteiger partial charge in [0, 0.05) is 19.1 Å². The maximum atomic E-state index is 9.95. The summed E-state index contributed by atoms with van der Waals surface area (Å²) < 4.78 is 7.05. The number of benzene rings is 2. The molecule has 27 heavy (non-hydrogen) atoms. The second kappa shape index (κ2) is 9.47. The minimum Gasteiger partial charge on any atom is -0.401 e. The highest BCUT2D eigenvalue weighted by atomic mass is 28.4. The Kier molecular flexibility index (Phi) is 7.56. The number of rotatable bonds is 9. The molecular formula is C23H33NO2Si. The van der Waals surface area contributed by atoms with Crippen molar-refractivity contribution in [1.82, 2.24) is 5.32 Å². The van der Waals surface area contributed by atoms with Gasteiger partial charge in [-0.15, -0.1) is 6.58 Å². The van der Waals surface area contributed by atoms with Gasteiger partial charge in [-0.05, 0) is 22.5 Å². The Labute approximate surface area is 165 Å². The maximum absolute atomic E-state index is 9.95. The monoisotopic (exact) mass is 383 g/mol. The molecule has 2 rings (SSSR count). The molecule has 2 aromatic rings. The average Bonchev–Trinajstić information content (AvgIpc) is 2.68. The molecule has 3 nitrogen and oxygen atoms in total. The molecule has 0 saturated heterocycles. The first kappa shape index (κ1) is 21.6. The SMILES string of the molecule is C=CC(O[Si](c1ccccc1)(c1ccccc1)C(C)(C)C)C(CO)CNC. The average molecular weight is 384 g/mol. The lowest BCUT2D eigenvalue weighted by Crippen LogP contribution is -2.68. The van der Waals surface area contributed by atoms with Crippen molar-refractivity contribution in [3.63, 3.8) is 0 Å². The van der Waals surface area contributed by atoms with Gasteiger partial charge >= 0.3 is 0 Å². The highest BCUT2D eigenvalue weighted by Crippen LogP contribution is 2.38. The van der Waals surface area contributed by atoms with Crippen LogP contribution in [0.15, 0.2) is 73.3 Å². The third kappa shape index (κ3) is 4.58. The Morgan fingerprint density at radius 1 is 1.04 bits per heavy atom. The van der Waals surface area contributed by atoms with Crippen LogP contribution >= 0.6 is 0 Å². The molecule has 2 atom stereocenters. The van der Waals surface area contributed by atoms with Gasteiger partial charge in [-0.2, -0.15) is 0 Å². The van der Waals surface area contributed by atoms with Gasteiger partial charge in [0.25, 0.3) is 8.32 Å². The second-order valence-corrected chi connectivity index (χ2v) is 12.2. The van der Waals surface area contributed by atoms with Crippen LogP contribution in [-0.2, 0) is 4.43 Å². The Morgan fingerprint density at radius 2 is 1.52 bits per heavy atom. The predicted molar refractivity (Wildman–Crippen MR) is 117 cm³/mol. The van der Waals surface area contributed by atoms with Crippen LogP contribution in [0.4, 0.5) is 0 Å². The molecule has 146 valence electrons. The molecule has 2 aromatic carbocycles. The van der Waals surface area contributed by atoms with Gasteiger partial charge in [-0.3, -0.25) is 0 Å². The van der Waals surface area contributed by atoms with E-state index in [4.69, 9.17) is 4.43 Å². The second-order valence-electron chi connectivity index (χ2n) is 7.98. The first-order chi connectivity index (χ1) is 12.9. The largest absolute Gasteiger partial charge is 0.401 e. The van der Waals surface area contributed by atoms with E-state index in [9.17, 15) is 5.11 Å². The third-order valence-corrected chi connectivity index (χ3v) is 10.2. The van der Waals surface area contributed by atoms with Crippen molar-refractivity contribution in [3.8, 4) is 0 Å². The lowest BCUT2D eigenvalue weighted by atomic mass is 10.0. The Morgan fingerprint density at radius 3 is 1.85 bits per heavy atom. The number of hydrogen-bond donors (Lipinski definition) is 2. The molecule has 2 unspecified atom stereocenters. The summed E-state index contributed by atoms with van der Waals surface area (Å²) in [5.41, 5.74) is 0. The van der Waals surface area contributed by atoms with Gasteiger partial charge in [0.1, 0.15) is 0 Å². The van der Waals surface area contributed by atoms with E-state index in [1.54, 1.807) is 0 Å². The summed E-state index contributed by atoms with van der Waals surface area (Å²) in [4.78, 5) is 0. The third-order valence-electron chi connectivity index (χ3n) is 5.13. The molecule has 0 amide bonds. The molecule has 0 aliphatic carbocycles. The zero-order valence-corrected chi connectivity index (χ0v) is 18.0. The molecule has 0 bridgehead atoms. The molecule has 0 fully saturated rings. The van der Waals surface area contributed by atoms with Gasteiger partial charge in [0.15, 0.2) is 0 Å². The van der Waals surface area contributed by atoms with Gasteiger partial charge in [-0.1, -0.05) is 87.5 Å². The minimum atomic E-state index is -2.65. The number of nitrogens with one attached hydrogen (secondary N) is 1. The molecule has 0 saturated carbocycles. The van der Waals surface area contributed by atoms with Crippen LogP contribution in [0, 0.1) is 5.92 Å². The summed E-state index contributed by atoms with van der Waals surface area (Å²) >= 11 is 0. The van der Waals surface area contributed by atoms with Crippen LogP contribution in [0.25, 0.3) is 0 Å². The molecule has 2 N–H and O–H groups in total. The van der Waals surface area contributed by atoms with Gasteiger partial charge in [0.2, 0.25) is 0 Å². The van der Waals surface area contributed by atoms with Crippen molar-refractivity contribution >= 4 is 18.7 Å². The molecule has 0 spiro atoms. The van der Waals surface area contributed by atoms with Gasteiger partial charge in [-0.25, -0.2) is 0 Å². The van der Waals surface area contributed by atoms with Crippen molar-refractivity contribution < 1.29 is 9.53 Å². The van der Waals surface area contributed by atoms with E-state index < -0.39 is 8.32 Å². The van der Waals surface area contributed by atoms with Crippen molar-refractivity contribution in [1.29, 1.82) is 0 Å². The topological polar surface area (TPSA) is 41.5 Å². The molecule has 0 aliphatic rings. The smallest absolute Gasteiger partial charge is 0.261 e. The van der Waals surface area contributed by atoms with Gasteiger partial charge < -0.3 is 14.8 Å². The van der Waals surface area contributed by atoms with E-state index in [0.29, 0.717) is 6.54 Å². The molecular weight excluding hydrogens is 350 g/mol. The standard InChI is InChI=1S/C23H33NO2Si/c1-6-22(19(18-25)17-24-5)26-27(23(2,3)4,20-13-9-7-10-14-20)21-15-11-8-12-16-21/h6-16,19,22,24-25H,1,17-18H2,2-5H3. The zero-order chi connectivity index (χ0) is 19.9. The molecule has 0 heterocycles. The van der Waals surface area contributed by atoms with Crippen LogP contribution in [-0.4, -0.2) is 39.7 Å². The van der Waals surface area contributed by atoms with Crippen LogP contribution in [0.3, 0.4) is 0 Å². The van der Waals surface area contributed by atoms with E-state index in [0.717, 1.165) is 0 Å². The number of aliphatic hydroxyl groups excluding tert-OH is 1.